The van der Waals surface area contributed by atoms with Crippen LogP contribution in [-0.4, -0.2) is 15.8 Å². The third-order valence-electron chi connectivity index (χ3n) is 3.80. The molecule has 0 fully saturated rings. The second kappa shape index (κ2) is 3.40. The van der Waals surface area contributed by atoms with Gasteiger partial charge >= 0.3 is 0 Å². The van der Waals surface area contributed by atoms with Crippen molar-refractivity contribution in [3.63, 3.8) is 0 Å². The molecule has 84 valence electrons. The van der Waals surface area contributed by atoms with Crippen molar-refractivity contribution < 1.29 is 4.74 Å². The third-order valence-corrected chi connectivity index (χ3v) is 4.59. The van der Waals surface area contributed by atoms with Gasteiger partial charge in [-0.25, -0.2) is 0 Å². The molecule has 1 atom stereocenters. The Balaban J connectivity index is 2.57. The molecule has 0 aliphatic carbocycles. The summed E-state index contributed by atoms with van der Waals surface area (Å²) in [5.74, 6) is 3.87. The van der Waals surface area contributed by atoms with Crippen LogP contribution in [0, 0.1) is 17.8 Å². The molecule has 0 bridgehead atoms. The maximum absolute atomic E-state index is 6.11. The van der Waals surface area contributed by atoms with Crippen LogP contribution in [0.2, 0.25) is 0 Å². The minimum atomic E-state index is -0.499. The first-order chi connectivity index (χ1) is 7.39. The van der Waals surface area contributed by atoms with Crippen LogP contribution >= 0.6 is 0 Å². The van der Waals surface area contributed by atoms with E-state index in [-0.39, 0.29) is 5.41 Å². The number of hydrogen-bond donors (Lipinski definition) is 0. The van der Waals surface area contributed by atoms with E-state index in [9.17, 15) is 0 Å². The summed E-state index contributed by atoms with van der Waals surface area (Å²) in [5.41, 5.74) is 0.773. The fraction of sp³-hybridized carbons (Fsp3) is 0.429. The van der Waals surface area contributed by atoms with Crippen molar-refractivity contribution in [2.75, 3.05) is 0 Å². The molecule has 1 aromatic carbocycles. The topological polar surface area (TPSA) is 9.23 Å². The van der Waals surface area contributed by atoms with E-state index in [1.165, 1.54) is 10.8 Å². The zero-order valence-corrected chi connectivity index (χ0v) is 12.4. The van der Waals surface area contributed by atoms with Crippen LogP contribution in [0.4, 0.5) is 0 Å². The smallest absolute Gasteiger partial charge is 0.171 e. The Kier molecular flexibility index (Phi) is 2.40. The quantitative estimate of drug-likeness (QED) is 0.478. The lowest BCUT2D eigenvalue weighted by atomic mass is 9.70. The maximum Gasteiger partial charge on any atom is 0.171 e. The maximum atomic E-state index is 6.11. The Morgan fingerprint density at radius 1 is 1.38 bits per heavy atom. The molecule has 2 rings (SSSR count). The number of ether oxygens (including phenoxy) is 1. The Bertz CT molecular complexity index is 470. The van der Waals surface area contributed by atoms with Gasteiger partial charge in [-0.15, -0.1) is 6.42 Å². The molecule has 1 unspecified atom stereocenters. The molecule has 1 aromatic rings. The molecule has 1 nitrogen and oxygen atoms in total. The van der Waals surface area contributed by atoms with Crippen molar-refractivity contribution in [2.45, 2.75) is 32.8 Å². The van der Waals surface area contributed by atoms with Crippen LogP contribution in [0.5, 0.6) is 5.75 Å². The van der Waals surface area contributed by atoms with Crippen molar-refractivity contribution in [3.05, 3.63) is 23.8 Å². The fourth-order valence-corrected chi connectivity index (χ4v) is 2.83. The Hall–Kier alpha value is -1.20. The number of hydrogen-bond acceptors (Lipinski definition) is 1. The number of para-hydroxylation sites is 1. The van der Waals surface area contributed by atoms with Gasteiger partial charge in [0.25, 0.3) is 0 Å². The lowest BCUT2D eigenvalue weighted by Crippen LogP contribution is -2.51. The molecule has 1 aliphatic heterocycles. The molecule has 16 heavy (non-hydrogen) atoms. The van der Waals surface area contributed by atoms with E-state index in [1.807, 2.05) is 6.92 Å². The Labute approximate surface area is 101 Å². The first-order valence-corrected chi connectivity index (χ1v) is 6.65. The molecule has 0 saturated carbocycles. The Morgan fingerprint density at radius 2 is 2.06 bits per heavy atom. The van der Waals surface area contributed by atoms with E-state index in [2.05, 4.69) is 38.0 Å². The summed E-state index contributed by atoms with van der Waals surface area (Å²) in [5, 5.41) is 1.30. The van der Waals surface area contributed by atoms with E-state index in [0.717, 1.165) is 22.4 Å². The average Bonchev–Trinajstić information content (AvgIpc) is 2.21. The van der Waals surface area contributed by atoms with Crippen molar-refractivity contribution in [1.82, 2.24) is 0 Å². The van der Waals surface area contributed by atoms with E-state index < -0.39 is 5.60 Å². The predicted octanol–water partition coefficient (Wildman–Crippen LogP) is 1.03. The highest BCUT2D eigenvalue weighted by Gasteiger charge is 2.46. The lowest BCUT2D eigenvalue weighted by molar-refractivity contribution is 0.00818. The standard InChI is InChI=1S/C14H18OSi/c1-5-14(4)13(2,3)9-10-7-6-8-11(16)12(10)15-14/h1,6-8H,9H2,2-4,16H3. The number of terminal acetylenes is 1. The van der Waals surface area contributed by atoms with Gasteiger partial charge in [0.2, 0.25) is 0 Å². The minimum Gasteiger partial charge on any atom is -0.474 e. The van der Waals surface area contributed by atoms with Gasteiger partial charge < -0.3 is 4.74 Å². The number of rotatable bonds is 0. The van der Waals surface area contributed by atoms with E-state index in [4.69, 9.17) is 11.2 Å². The van der Waals surface area contributed by atoms with Crippen LogP contribution in [0.15, 0.2) is 18.2 Å². The van der Waals surface area contributed by atoms with Crippen molar-refractivity contribution in [2.24, 2.45) is 5.41 Å². The van der Waals surface area contributed by atoms with Crippen LogP contribution in [0.3, 0.4) is 0 Å². The van der Waals surface area contributed by atoms with Gasteiger partial charge in [-0.1, -0.05) is 38.0 Å². The molecule has 0 N–H and O–H groups in total. The number of fused-ring (bicyclic) bond motifs is 1. The molecule has 0 saturated heterocycles. The van der Waals surface area contributed by atoms with Gasteiger partial charge in [0.1, 0.15) is 5.75 Å². The highest BCUT2D eigenvalue weighted by atomic mass is 28.1. The Morgan fingerprint density at radius 3 is 2.69 bits per heavy atom. The lowest BCUT2D eigenvalue weighted by Gasteiger charge is -2.45. The summed E-state index contributed by atoms with van der Waals surface area (Å²) in [6.07, 6.45) is 6.64. The molecular formula is C14H18OSi. The summed E-state index contributed by atoms with van der Waals surface area (Å²) in [7, 11) is 0.995. The first kappa shape index (κ1) is 11.3. The largest absolute Gasteiger partial charge is 0.474 e. The molecule has 1 aliphatic rings. The van der Waals surface area contributed by atoms with Crippen molar-refractivity contribution >= 4 is 15.4 Å². The molecule has 0 spiro atoms. The van der Waals surface area contributed by atoms with Crippen LogP contribution in [-0.2, 0) is 6.42 Å². The zero-order valence-electron chi connectivity index (χ0n) is 10.4. The van der Waals surface area contributed by atoms with Crippen LogP contribution in [0.1, 0.15) is 26.3 Å². The second-order valence-corrected chi connectivity index (χ2v) is 6.48. The predicted molar refractivity (Wildman–Crippen MR) is 71.4 cm³/mol. The van der Waals surface area contributed by atoms with E-state index in [1.54, 1.807) is 0 Å². The van der Waals surface area contributed by atoms with Gasteiger partial charge in [-0.3, -0.25) is 0 Å². The third kappa shape index (κ3) is 1.47. The molecule has 2 heteroatoms. The van der Waals surface area contributed by atoms with Gasteiger partial charge in [-0.05, 0) is 24.1 Å². The van der Waals surface area contributed by atoms with Crippen molar-refractivity contribution in [3.8, 4) is 18.1 Å². The molecule has 1 heterocycles. The molecule has 0 amide bonds. The summed E-state index contributed by atoms with van der Waals surface area (Å²) >= 11 is 0. The molecular weight excluding hydrogens is 212 g/mol. The van der Waals surface area contributed by atoms with Crippen LogP contribution in [0.25, 0.3) is 0 Å². The monoisotopic (exact) mass is 230 g/mol. The fourth-order valence-electron chi connectivity index (χ4n) is 2.21. The van der Waals surface area contributed by atoms with Crippen molar-refractivity contribution in [1.29, 1.82) is 0 Å². The summed E-state index contributed by atoms with van der Waals surface area (Å²) in [4.78, 5) is 0. The molecule has 0 aromatic heterocycles. The highest BCUT2D eigenvalue weighted by Crippen LogP contribution is 2.43. The molecule has 0 radical (unpaired) electrons. The van der Waals surface area contributed by atoms with Gasteiger partial charge in [-0.2, -0.15) is 0 Å². The summed E-state index contributed by atoms with van der Waals surface area (Å²) in [6, 6.07) is 6.38. The average molecular weight is 230 g/mol. The van der Waals surface area contributed by atoms with E-state index in [0.29, 0.717) is 0 Å². The van der Waals surface area contributed by atoms with Gasteiger partial charge in [0, 0.05) is 15.7 Å². The minimum absolute atomic E-state index is 0.0237. The summed E-state index contributed by atoms with van der Waals surface area (Å²) < 4.78 is 6.11. The SMILES string of the molecule is C#CC1(C)Oc2c([SiH3])cccc2CC1(C)C. The van der Waals surface area contributed by atoms with Crippen LogP contribution < -0.4 is 9.92 Å². The van der Waals surface area contributed by atoms with Gasteiger partial charge in [0.05, 0.1) is 0 Å². The van der Waals surface area contributed by atoms with Gasteiger partial charge in [0.15, 0.2) is 5.60 Å². The number of benzene rings is 1. The first-order valence-electron chi connectivity index (χ1n) is 5.65. The highest BCUT2D eigenvalue weighted by molar-refractivity contribution is 6.34. The second-order valence-electron chi connectivity index (χ2n) is 5.40. The normalized spacial score (nSPS) is 26.6. The summed E-state index contributed by atoms with van der Waals surface area (Å²) in [6.45, 7) is 6.37. The zero-order chi connectivity index (χ0) is 12.0. The van der Waals surface area contributed by atoms with E-state index >= 15 is 0 Å².